The summed E-state index contributed by atoms with van der Waals surface area (Å²) in [6, 6.07) is 7.42. The summed E-state index contributed by atoms with van der Waals surface area (Å²) < 4.78 is 46.0. The molecule has 7 nitrogen and oxygen atoms in total. The lowest BCUT2D eigenvalue weighted by atomic mass is 9.99. The average molecular weight is 476 g/mol. The highest BCUT2D eigenvalue weighted by molar-refractivity contribution is 7.81. The zero-order chi connectivity index (χ0) is 24.1. The van der Waals surface area contributed by atoms with Crippen LogP contribution in [0.1, 0.15) is 37.1 Å². The molecule has 11 heteroatoms. The standard InChI is InChI=1S/C22H19F3N4O3S/c1-21(2)19(31)28(14-8-16(22(23,24)25)17(9-26)27-10-14)20(33)29(21)13-4-6-18-12(7-13)3-5-15(11-30)32-18/h4,6-8,10-11,15,20,33H,3,5H2,1-2H3. The molecule has 4 rings (SSSR count). The van der Waals surface area contributed by atoms with Gasteiger partial charge in [0.2, 0.25) is 0 Å². The van der Waals surface area contributed by atoms with E-state index in [4.69, 9.17) is 10.00 Å². The van der Waals surface area contributed by atoms with Crippen LogP contribution < -0.4 is 14.5 Å². The first-order valence-corrected chi connectivity index (χ1v) is 10.5. The van der Waals surface area contributed by atoms with E-state index in [0.717, 1.165) is 29.0 Å². The summed E-state index contributed by atoms with van der Waals surface area (Å²) in [6.45, 7) is 3.30. The normalized spacial score (nSPS) is 21.9. The Bertz CT molecular complexity index is 1180. The van der Waals surface area contributed by atoms with E-state index in [9.17, 15) is 22.8 Å². The lowest BCUT2D eigenvalue weighted by molar-refractivity contribution is -0.138. The average Bonchev–Trinajstić information content (AvgIpc) is 2.95. The number of aromatic nitrogens is 1. The van der Waals surface area contributed by atoms with Crippen molar-refractivity contribution < 1.29 is 27.5 Å². The predicted molar refractivity (Wildman–Crippen MR) is 116 cm³/mol. The Balaban J connectivity index is 1.74. The van der Waals surface area contributed by atoms with Crippen LogP contribution in [0, 0.1) is 11.3 Å². The number of aldehydes is 1. The van der Waals surface area contributed by atoms with Crippen LogP contribution in [0.25, 0.3) is 0 Å². The minimum absolute atomic E-state index is 0.114. The fraction of sp³-hybridized carbons (Fsp3) is 0.364. The first-order chi connectivity index (χ1) is 15.5. The largest absolute Gasteiger partial charge is 0.483 e. The van der Waals surface area contributed by atoms with Crippen molar-refractivity contribution in [1.82, 2.24) is 4.98 Å². The molecule has 0 bridgehead atoms. The molecule has 172 valence electrons. The summed E-state index contributed by atoms with van der Waals surface area (Å²) in [6.07, 6.45) is -2.38. The number of carbonyl (C=O) groups is 2. The van der Waals surface area contributed by atoms with Crippen LogP contribution in [0.15, 0.2) is 30.5 Å². The number of thiol groups is 1. The van der Waals surface area contributed by atoms with Gasteiger partial charge in [0, 0.05) is 5.69 Å². The first kappa shape index (κ1) is 22.9. The van der Waals surface area contributed by atoms with E-state index in [1.807, 2.05) is 6.07 Å². The summed E-state index contributed by atoms with van der Waals surface area (Å²) in [5.74, 6) is 0.0984. The second-order valence-electron chi connectivity index (χ2n) is 8.27. The molecule has 0 radical (unpaired) electrons. The number of hydrogen-bond acceptors (Lipinski definition) is 7. The van der Waals surface area contributed by atoms with Gasteiger partial charge in [-0.05, 0) is 56.5 Å². The minimum atomic E-state index is -4.81. The number of nitrogens with zero attached hydrogens (tertiary/aromatic N) is 4. The van der Waals surface area contributed by atoms with Gasteiger partial charge >= 0.3 is 6.18 Å². The van der Waals surface area contributed by atoms with Gasteiger partial charge in [-0.15, -0.1) is 12.6 Å². The quantitative estimate of drug-likeness (QED) is 0.537. The van der Waals surface area contributed by atoms with Crippen molar-refractivity contribution in [3.8, 4) is 11.8 Å². The van der Waals surface area contributed by atoms with Crippen molar-refractivity contribution in [3.63, 3.8) is 0 Å². The van der Waals surface area contributed by atoms with Crippen molar-refractivity contribution >= 4 is 36.2 Å². The molecule has 2 unspecified atom stereocenters. The molecule has 0 spiro atoms. The monoisotopic (exact) mass is 476 g/mol. The van der Waals surface area contributed by atoms with Gasteiger partial charge in [0.05, 0.1) is 17.4 Å². The van der Waals surface area contributed by atoms with E-state index in [2.05, 4.69) is 17.6 Å². The minimum Gasteiger partial charge on any atom is -0.483 e. The smallest absolute Gasteiger partial charge is 0.419 e. The van der Waals surface area contributed by atoms with Crippen LogP contribution in [0.5, 0.6) is 5.75 Å². The van der Waals surface area contributed by atoms with Crippen LogP contribution in [0.4, 0.5) is 24.5 Å². The zero-order valence-corrected chi connectivity index (χ0v) is 18.5. The van der Waals surface area contributed by atoms with Gasteiger partial charge in [0.1, 0.15) is 17.4 Å². The molecule has 0 N–H and O–H groups in total. The molecular weight excluding hydrogens is 457 g/mol. The molecule has 0 saturated carbocycles. The van der Waals surface area contributed by atoms with Gasteiger partial charge in [0.25, 0.3) is 5.91 Å². The molecule has 0 aliphatic carbocycles. The van der Waals surface area contributed by atoms with Gasteiger partial charge in [-0.25, -0.2) is 4.98 Å². The van der Waals surface area contributed by atoms with Crippen LogP contribution in [0.3, 0.4) is 0 Å². The number of aryl methyl sites for hydroxylation is 1. The van der Waals surface area contributed by atoms with Crippen LogP contribution in [0.2, 0.25) is 0 Å². The number of hydrogen-bond donors (Lipinski definition) is 1. The third kappa shape index (κ3) is 3.78. The van der Waals surface area contributed by atoms with E-state index < -0.39 is 40.5 Å². The highest BCUT2D eigenvalue weighted by atomic mass is 32.1. The van der Waals surface area contributed by atoms with Crippen LogP contribution in [-0.2, 0) is 22.2 Å². The number of nitriles is 1. The predicted octanol–water partition coefficient (Wildman–Crippen LogP) is 3.71. The molecule has 2 aromatic rings. The maximum absolute atomic E-state index is 13.4. The number of anilines is 2. The Labute approximate surface area is 193 Å². The van der Waals surface area contributed by atoms with Gasteiger partial charge in [0.15, 0.2) is 23.6 Å². The Morgan fingerprint density at radius 1 is 1.30 bits per heavy atom. The van der Waals surface area contributed by atoms with Crippen molar-refractivity contribution in [2.75, 3.05) is 9.80 Å². The molecule has 3 heterocycles. The topological polar surface area (TPSA) is 86.5 Å². The number of benzene rings is 1. The molecule has 1 fully saturated rings. The second kappa shape index (κ2) is 7.95. The zero-order valence-electron chi connectivity index (χ0n) is 17.6. The SMILES string of the molecule is CC1(C)C(=O)N(c2cnc(C#N)c(C(F)(F)F)c2)C(S)N1c1ccc2c(c1)CCC(C=O)O2. The molecule has 2 aliphatic heterocycles. The van der Waals surface area contributed by atoms with E-state index in [1.54, 1.807) is 30.9 Å². The summed E-state index contributed by atoms with van der Waals surface area (Å²) in [4.78, 5) is 30.8. The van der Waals surface area contributed by atoms with Crippen LogP contribution >= 0.6 is 12.6 Å². The second-order valence-corrected chi connectivity index (χ2v) is 8.73. The highest BCUT2D eigenvalue weighted by Gasteiger charge is 2.52. The number of fused-ring (bicyclic) bond motifs is 1. The number of ether oxygens (including phenoxy) is 1. The fourth-order valence-corrected chi connectivity index (χ4v) is 4.81. The molecule has 1 aromatic carbocycles. The van der Waals surface area contributed by atoms with E-state index in [1.165, 1.54) is 6.07 Å². The maximum Gasteiger partial charge on any atom is 0.419 e. The Morgan fingerprint density at radius 2 is 2.03 bits per heavy atom. The lowest BCUT2D eigenvalue weighted by Gasteiger charge is -2.34. The molecular formula is C22H19F3N4O3S. The molecule has 1 amide bonds. The number of pyridine rings is 1. The third-order valence-corrected chi connectivity index (χ3v) is 6.28. The van der Waals surface area contributed by atoms with Gasteiger partial charge in [-0.3, -0.25) is 14.5 Å². The maximum atomic E-state index is 13.4. The lowest BCUT2D eigenvalue weighted by Crippen LogP contribution is -2.45. The molecule has 2 aliphatic rings. The van der Waals surface area contributed by atoms with Gasteiger partial charge in [-0.2, -0.15) is 18.4 Å². The number of amides is 1. The van der Waals surface area contributed by atoms with Crippen molar-refractivity contribution in [2.45, 2.75) is 50.0 Å². The summed E-state index contributed by atoms with van der Waals surface area (Å²) in [5.41, 5.74) is -2.71. The van der Waals surface area contributed by atoms with E-state index >= 15 is 0 Å². The van der Waals surface area contributed by atoms with Gasteiger partial charge < -0.3 is 9.64 Å². The van der Waals surface area contributed by atoms with Crippen LogP contribution in [-0.4, -0.2) is 34.3 Å². The molecule has 33 heavy (non-hydrogen) atoms. The van der Waals surface area contributed by atoms with E-state index in [-0.39, 0.29) is 5.69 Å². The third-order valence-electron chi connectivity index (χ3n) is 5.82. The summed E-state index contributed by atoms with van der Waals surface area (Å²) in [5, 5.41) is 9.00. The van der Waals surface area contributed by atoms with Gasteiger partial charge in [-0.1, -0.05) is 0 Å². The molecule has 1 aromatic heterocycles. The Hall–Kier alpha value is -3.26. The van der Waals surface area contributed by atoms with E-state index in [0.29, 0.717) is 24.3 Å². The number of halogens is 3. The van der Waals surface area contributed by atoms with Crippen molar-refractivity contribution in [3.05, 3.63) is 47.3 Å². The molecule has 1 saturated heterocycles. The number of carbonyl (C=O) groups excluding carboxylic acids is 2. The Morgan fingerprint density at radius 3 is 2.67 bits per heavy atom. The highest BCUT2D eigenvalue weighted by Crippen LogP contribution is 2.43. The number of rotatable bonds is 3. The summed E-state index contributed by atoms with van der Waals surface area (Å²) >= 11 is 4.57. The summed E-state index contributed by atoms with van der Waals surface area (Å²) in [7, 11) is 0. The van der Waals surface area contributed by atoms with Crippen molar-refractivity contribution in [2.24, 2.45) is 0 Å². The first-order valence-electron chi connectivity index (χ1n) is 10.0. The Kier molecular flexibility index (Phi) is 5.52. The van der Waals surface area contributed by atoms with Crippen molar-refractivity contribution in [1.29, 1.82) is 5.26 Å². The number of alkyl halides is 3. The fourth-order valence-electron chi connectivity index (χ4n) is 4.15. The molecule has 2 atom stereocenters.